The number of hydrogen-bond acceptors (Lipinski definition) is 6. The number of hydrogen-bond donors (Lipinski definition) is 2. The second kappa shape index (κ2) is 9.41. The number of benzene rings is 2. The molecule has 0 saturated carbocycles. The molecule has 3 aromatic rings. The van der Waals surface area contributed by atoms with E-state index in [0.29, 0.717) is 24.2 Å². The second-order valence-electron chi connectivity index (χ2n) is 7.90. The number of aliphatic hydroxyl groups is 1. The summed E-state index contributed by atoms with van der Waals surface area (Å²) in [6.45, 7) is 6.65. The topological polar surface area (TPSA) is 94.2 Å². The van der Waals surface area contributed by atoms with Crippen molar-refractivity contribution in [3.05, 3.63) is 75.7 Å². The summed E-state index contributed by atoms with van der Waals surface area (Å²) in [5.74, 6) is -1.59. The van der Waals surface area contributed by atoms with Gasteiger partial charge < -0.3 is 24.4 Å². The Kier molecular flexibility index (Phi) is 6.58. The number of aromatic hydroxyl groups is 1. The minimum atomic E-state index is -0.791. The maximum Gasteiger partial charge on any atom is 0.290 e. The third kappa shape index (κ3) is 4.41. The van der Waals surface area contributed by atoms with E-state index in [2.05, 4.69) is 20.8 Å². The number of carbonyl (C=O) groups is 2. The zero-order chi connectivity index (χ0) is 23.7. The van der Waals surface area contributed by atoms with Gasteiger partial charge in [0.2, 0.25) is 5.78 Å². The molecule has 33 heavy (non-hydrogen) atoms. The molecule has 1 aliphatic heterocycles. The van der Waals surface area contributed by atoms with Crippen LogP contribution in [0, 0.1) is 0 Å². The van der Waals surface area contributed by atoms with Crippen LogP contribution in [0.2, 0.25) is 0 Å². The first kappa shape index (κ1) is 23.1. The Labute approximate surface area is 200 Å². The van der Waals surface area contributed by atoms with Crippen molar-refractivity contribution in [2.24, 2.45) is 0 Å². The molecule has 8 heteroatoms. The van der Waals surface area contributed by atoms with E-state index in [-0.39, 0.29) is 17.1 Å². The van der Waals surface area contributed by atoms with Gasteiger partial charge in [-0.15, -0.1) is 0 Å². The van der Waals surface area contributed by atoms with E-state index in [1.165, 1.54) is 17.0 Å². The maximum absolute atomic E-state index is 13.5. The van der Waals surface area contributed by atoms with E-state index in [0.717, 1.165) is 22.9 Å². The van der Waals surface area contributed by atoms with Crippen molar-refractivity contribution in [3.8, 4) is 5.75 Å². The fourth-order valence-electron chi connectivity index (χ4n) is 4.17. The molecule has 4 rings (SSSR count). The Morgan fingerprint density at radius 2 is 1.79 bits per heavy atom. The van der Waals surface area contributed by atoms with Crippen LogP contribution in [0.1, 0.15) is 36.0 Å². The summed E-state index contributed by atoms with van der Waals surface area (Å²) in [7, 11) is 0. The van der Waals surface area contributed by atoms with E-state index in [1.807, 2.05) is 26.0 Å². The van der Waals surface area contributed by atoms with Gasteiger partial charge in [0.25, 0.3) is 5.91 Å². The number of phenols is 1. The number of aliphatic hydroxyl groups excluding tert-OH is 1. The summed E-state index contributed by atoms with van der Waals surface area (Å²) in [6.07, 6.45) is 0. The van der Waals surface area contributed by atoms with Crippen molar-refractivity contribution in [2.45, 2.75) is 19.9 Å². The molecule has 0 fully saturated rings. The summed E-state index contributed by atoms with van der Waals surface area (Å²) in [6, 6.07) is 12.5. The average molecular weight is 513 g/mol. The molecule has 1 amide bonds. The molecule has 0 radical (unpaired) electrons. The van der Waals surface area contributed by atoms with E-state index in [1.54, 1.807) is 24.3 Å². The summed E-state index contributed by atoms with van der Waals surface area (Å²) < 4.78 is 6.60. The summed E-state index contributed by atoms with van der Waals surface area (Å²) in [5.41, 5.74) is 1.13. The molecule has 1 unspecified atom stereocenters. The number of phenolic OH excluding ortho intramolecular Hbond substituents is 1. The van der Waals surface area contributed by atoms with Crippen LogP contribution in [0.4, 0.5) is 0 Å². The lowest BCUT2D eigenvalue weighted by atomic mass is 9.95. The highest BCUT2D eigenvalue weighted by Gasteiger charge is 2.44. The zero-order valence-electron chi connectivity index (χ0n) is 18.4. The number of fused-ring (bicyclic) bond motifs is 1. The van der Waals surface area contributed by atoms with Gasteiger partial charge in [0.15, 0.2) is 11.5 Å². The zero-order valence-corrected chi connectivity index (χ0v) is 20.0. The van der Waals surface area contributed by atoms with E-state index < -0.39 is 23.5 Å². The number of amides is 1. The summed E-state index contributed by atoms with van der Waals surface area (Å²) in [5, 5.41) is 21.3. The fourth-order valence-corrected chi connectivity index (χ4v) is 4.55. The van der Waals surface area contributed by atoms with Crippen LogP contribution >= 0.6 is 15.9 Å². The first-order valence-electron chi connectivity index (χ1n) is 10.8. The standard InChI is InChI=1S/C25H25BrN2O5/c1-3-27(4-2)11-12-28-22(15-5-8-18(29)9-6-15)21(24(31)25(28)32)23(30)20-14-16-13-17(26)7-10-19(16)33-20/h5-10,13-14,22,29,31H,3-4,11-12H2,1-2H3. The van der Waals surface area contributed by atoms with Crippen molar-refractivity contribution in [2.75, 3.05) is 26.2 Å². The molecule has 2 N–H and O–H groups in total. The van der Waals surface area contributed by atoms with Crippen LogP contribution in [0.15, 0.2) is 68.8 Å². The van der Waals surface area contributed by atoms with Crippen LogP contribution in [0.3, 0.4) is 0 Å². The lowest BCUT2D eigenvalue weighted by Gasteiger charge is -2.29. The molecule has 1 aromatic heterocycles. The van der Waals surface area contributed by atoms with Gasteiger partial charge in [-0.2, -0.15) is 0 Å². The number of halogens is 1. The predicted molar refractivity (Wildman–Crippen MR) is 128 cm³/mol. The highest BCUT2D eigenvalue weighted by Crippen LogP contribution is 2.40. The molecule has 1 atom stereocenters. The molecule has 2 aromatic carbocycles. The average Bonchev–Trinajstić information content (AvgIpc) is 3.33. The molecule has 2 heterocycles. The lowest BCUT2D eigenvalue weighted by Crippen LogP contribution is -2.38. The molecule has 7 nitrogen and oxygen atoms in total. The highest BCUT2D eigenvalue weighted by atomic mass is 79.9. The quantitative estimate of drug-likeness (QED) is 0.420. The number of rotatable bonds is 8. The van der Waals surface area contributed by atoms with Crippen LogP contribution in [0.25, 0.3) is 11.0 Å². The SMILES string of the molecule is CCN(CC)CCN1C(=O)C(O)=C(C(=O)c2cc3cc(Br)ccc3o2)C1c1ccc(O)cc1. The number of carbonyl (C=O) groups excluding carboxylic acids is 2. The van der Waals surface area contributed by atoms with Crippen molar-refractivity contribution in [3.63, 3.8) is 0 Å². The predicted octanol–water partition coefficient (Wildman–Crippen LogP) is 4.82. The number of furan rings is 1. The van der Waals surface area contributed by atoms with Crippen molar-refractivity contribution < 1.29 is 24.2 Å². The van der Waals surface area contributed by atoms with Crippen LogP contribution in [-0.4, -0.2) is 57.9 Å². The molecule has 1 aliphatic rings. The minimum Gasteiger partial charge on any atom is -0.508 e. The maximum atomic E-state index is 13.5. The van der Waals surface area contributed by atoms with Gasteiger partial charge >= 0.3 is 0 Å². The van der Waals surface area contributed by atoms with Gasteiger partial charge in [-0.25, -0.2) is 0 Å². The Hall–Kier alpha value is -3.10. The van der Waals surface area contributed by atoms with Crippen molar-refractivity contribution in [1.82, 2.24) is 9.80 Å². The molecular weight excluding hydrogens is 488 g/mol. The molecule has 0 spiro atoms. The van der Waals surface area contributed by atoms with Crippen LogP contribution in [0.5, 0.6) is 5.75 Å². The third-order valence-corrected chi connectivity index (χ3v) is 6.50. The Morgan fingerprint density at radius 1 is 1.09 bits per heavy atom. The lowest BCUT2D eigenvalue weighted by molar-refractivity contribution is -0.129. The second-order valence-corrected chi connectivity index (χ2v) is 8.82. The first-order chi connectivity index (χ1) is 15.8. The largest absolute Gasteiger partial charge is 0.508 e. The van der Waals surface area contributed by atoms with Gasteiger partial charge in [0, 0.05) is 22.9 Å². The monoisotopic (exact) mass is 512 g/mol. The van der Waals surface area contributed by atoms with Gasteiger partial charge in [0.1, 0.15) is 11.3 Å². The Morgan fingerprint density at radius 3 is 2.45 bits per heavy atom. The third-order valence-electron chi connectivity index (χ3n) is 6.01. The van der Waals surface area contributed by atoms with Crippen LogP contribution in [-0.2, 0) is 4.79 Å². The van der Waals surface area contributed by atoms with Crippen molar-refractivity contribution in [1.29, 1.82) is 0 Å². The molecule has 172 valence electrons. The van der Waals surface area contributed by atoms with Crippen molar-refractivity contribution >= 4 is 38.6 Å². The first-order valence-corrected chi connectivity index (χ1v) is 11.6. The van der Waals surface area contributed by atoms with E-state index in [9.17, 15) is 19.8 Å². The van der Waals surface area contributed by atoms with Gasteiger partial charge in [-0.3, -0.25) is 9.59 Å². The van der Waals surface area contributed by atoms with Crippen LogP contribution < -0.4 is 0 Å². The Balaban J connectivity index is 1.75. The van der Waals surface area contributed by atoms with Gasteiger partial charge in [-0.05, 0) is 55.1 Å². The van der Waals surface area contributed by atoms with E-state index in [4.69, 9.17) is 4.42 Å². The highest BCUT2D eigenvalue weighted by molar-refractivity contribution is 9.10. The summed E-state index contributed by atoms with van der Waals surface area (Å²) >= 11 is 3.41. The molecule has 0 saturated heterocycles. The summed E-state index contributed by atoms with van der Waals surface area (Å²) in [4.78, 5) is 30.3. The molecular formula is C25H25BrN2O5. The fraction of sp³-hybridized carbons (Fsp3) is 0.280. The normalized spacial score (nSPS) is 16.4. The number of Topliss-reactive ketones (excluding diaryl/α,β-unsaturated/α-hetero) is 1. The smallest absolute Gasteiger partial charge is 0.290 e. The minimum absolute atomic E-state index is 0.0247. The number of ketones is 1. The molecule has 0 aliphatic carbocycles. The van der Waals surface area contributed by atoms with Gasteiger partial charge in [-0.1, -0.05) is 41.9 Å². The number of likely N-dealkylation sites (N-methyl/N-ethyl adjacent to an activating group) is 1. The Bertz CT molecular complexity index is 1230. The number of nitrogens with zero attached hydrogens (tertiary/aromatic N) is 2. The van der Waals surface area contributed by atoms with Gasteiger partial charge in [0.05, 0.1) is 11.6 Å². The molecule has 0 bridgehead atoms. The van der Waals surface area contributed by atoms with E-state index >= 15 is 0 Å².